The highest BCUT2D eigenvalue weighted by Gasteiger charge is 2.05. The molecule has 0 bridgehead atoms. The Bertz CT molecular complexity index is 392. The van der Waals surface area contributed by atoms with Gasteiger partial charge in [-0.15, -0.1) is 0 Å². The van der Waals surface area contributed by atoms with Crippen LogP contribution in [-0.2, 0) is 0 Å². The number of fused-ring (bicyclic) bond motifs is 1. The van der Waals surface area contributed by atoms with E-state index in [1.54, 1.807) is 13.0 Å². The Labute approximate surface area is 68.2 Å². The summed E-state index contributed by atoms with van der Waals surface area (Å²) in [7, 11) is 0. The van der Waals surface area contributed by atoms with Crippen molar-refractivity contribution in [3.05, 3.63) is 29.8 Å². The molecule has 0 fully saturated rings. The molecule has 1 aromatic carbocycles. The summed E-state index contributed by atoms with van der Waals surface area (Å²) < 4.78 is 17.9. The second-order valence-corrected chi connectivity index (χ2v) is 2.70. The Morgan fingerprint density at radius 2 is 2.08 bits per heavy atom. The average Bonchev–Trinajstić information content (AvgIpc) is 2.30. The molecule has 1 N–H and O–H groups in total. The van der Waals surface area contributed by atoms with Crippen molar-refractivity contribution < 1.29 is 13.9 Å². The summed E-state index contributed by atoms with van der Waals surface area (Å²) in [6, 6.07) is 4.27. The van der Waals surface area contributed by atoms with Crippen molar-refractivity contribution in [2.75, 3.05) is 0 Å². The molecular formula is C9H7FO2. The molecule has 1 aromatic heterocycles. The van der Waals surface area contributed by atoms with Gasteiger partial charge >= 0.3 is 0 Å². The highest BCUT2D eigenvalue weighted by Crippen LogP contribution is 2.25. The minimum absolute atomic E-state index is 0.344. The number of furan rings is 1. The first kappa shape index (κ1) is 7.16. The number of phenols is 1. The molecule has 2 aromatic rings. The van der Waals surface area contributed by atoms with E-state index in [0.29, 0.717) is 16.7 Å². The quantitative estimate of drug-likeness (QED) is 0.652. The van der Waals surface area contributed by atoms with Crippen molar-refractivity contribution >= 4 is 11.0 Å². The Hall–Kier alpha value is -1.51. The molecule has 2 nitrogen and oxygen atoms in total. The predicted octanol–water partition coefficient (Wildman–Crippen LogP) is 2.59. The molecular weight excluding hydrogens is 159 g/mol. The van der Waals surface area contributed by atoms with Gasteiger partial charge in [0.2, 0.25) is 0 Å². The van der Waals surface area contributed by atoms with E-state index in [4.69, 9.17) is 9.52 Å². The zero-order valence-corrected chi connectivity index (χ0v) is 6.47. The lowest BCUT2D eigenvalue weighted by Gasteiger charge is -1.92. The van der Waals surface area contributed by atoms with Gasteiger partial charge in [-0.05, 0) is 19.1 Å². The molecule has 0 aliphatic heterocycles. The Balaban J connectivity index is 2.83. The molecule has 3 heteroatoms. The van der Waals surface area contributed by atoms with Gasteiger partial charge in [0, 0.05) is 11.5 Å². The molecule has 62 valence electrons. The minimum Gasteiger partial charge on any atom is -0.505 e. The summed E-state index contributed by atoms with van der Waals surface area (Å²) in [6.07, 6.45) is 0. The third kappa shape index (κ3) is 0.942. The highest BCUT2D eigenvalue weighted by atomic mass is 19.1. The number of hydrogen-bond acceptors (Lipinski definition) is 2. The summed E-state index contributed by atoms with van der Waals surface area (Å²) in [5, 5.41) is 9.72. The van der Waals surface area contributed by atoms with Gasteiger partial charge in [-0.1, -0.05) is 0 Å². The normalized spacial score (nSPS) is 10.8. The van der Waals surface area contributed by atoms with Crippen LogP contribution in [0, 0.1) is 12.7 Å². The number of aromatic hydroxyl groups is 1. The van der Waals surface area contributed by atoms with Crippen LogP contribution < -0.4 is 0 Å². The first-order valence-corrected chi connectivity index (χ1v) is 3.55. The summed E-state index contributed by atoms with van der Waals surface area (Å²) in [4.78, 5) is 0. The van der Waals surface area contributed by atoms with Crippen LogP contribution in [0.1, 0.15) is 5.76 Å². The van der Waals surface area contributed by atoms with E-state index in [1.807, 2.05) is 0 Å². The molecule has 0 radical (unpaired) electrons. The molecule has 0 aliphatic carbocycles. The van der Waals surface area contributed by atoms with Crippen LogP contribution in [0.15, 0.2) is 22.6 Å². The predicted molar refractivity (Wildman–Crippen MR) is 42.6 cm³/mol. The van der Waals surface area contributed by atoms with Crippen molar-refractivity contribution in [3.63, 3.8) is 0 Å². The molecule has 0 saturated carbocycles. The molecule has 0 unspecified atom stereocenters. The highest BCUT2D eigenvalue weighted by molar-refractivity contribution is 5.79. The lowest BCUT2D eigenvalue weighted by atomic mass is 10.2. The van der Waals surface area contributed by atoms with Crippen LogP contribution >= 0.6 is 0 Å². The molecule has 0 amide bonds. The third-order valence-electron chi connectivity index (χ3n) is 1.71. The standard InChI is InChI=1S/C9H7FO2/c1-5-2-6-3-8(11)7(10)4-9(6)12-5/h2-4,11H,1H3. The number of rotatable bonds is 0. The number of halogens is 1. The maximum Gasteiger partial charge on any atom is 0.168 e. The second-order valence-electron chi connectivity index (χ2n) is 2.70. The first-order chi connectivity index (χ1) is 5.66. The number of benzene rings is 1. The van der Waals surface area contributed by atoms with Crippen LogP contribution in [0.4, 0.5) is 4.39 Å². The van der Waals surface area contributed by atoms with Crippen LogP contribution in [0.3, 0.4) is 0 Å². The van der Waals surface area contributed by atoms with Crippen LogP contribution in [-0.4, -0.2) is 5.11 Å². The average molecular weight is 166 g/mol. The smallest absolute Gasteiger partial charge is 0.168 e. The van der Waals surface area contributed by atoms with Crippen molar-refractivity contribution in [2.45, 2.75) is 6.92 Å². The maximum absolute atomic E-state index is 12.7. The third-order valence-corrected chi connectivity index (χ3v) is 1.71. The molecule has 1 heterocycles. The van der Waals surface area contributed by atoms with E-state index < -0.39 is 5.82 Å². The second kappa shape index (κ2) is 2.24. The lowest BCUT2D eigenvalue weighted by molar-refractivity contribution is 0.432. The summed E-state index contributed by atoms with van der Waals surface area (Å²) in [5.74, 6) is -0.296. The van der Waals surface area contributed by atoms with Gasteiger partial charge in [0.15, 0.2) is 11.6 Å². The Morgan fingerprint density at radius 1 is 1.33 bits per heavy atom. The molecule has 0 saturated heterocycles. The van der Waals surface area contributed by atoms with Gasteiger partial charge in [-0.2, -0.15) is 0 Å². The van der Waals surface area contributed by atoms with Crippen LogP contribution in [0.2, 0.25) is 0 Å². The largest absolute Gasteiger partial charge is 0.505 e. The molecule has 0 aliphatic rings. The van der Waals surface area contributed by atoms with E-state index in [1.165, 1.54) is 12.1 Å². The topological polar surface area (TPSA) is 33.4 Å². The first-order valence-electron chi connectivity index (χ1n) is 3.55. The van der Waals surface area contributed by atoms with Gasteiger partial charge in [0.1, 0.15) is 11.3 Å². The van der Waals surface area contributed by atoms with Gasteiger partial charge in [-0.25, -0.2) is 4.39 Å². The van der Waals surface area contributed by atoms with Crippen molar-refractivity contribution in [3.8, 4) is 5.75 Å². The number of aryl methyl sites for hydroxylation is 1. The zero-order chi connectivity index (χ0) is 8.72. The molecule has 0 atom stereocenters. The van der Waals surface area contributed by atoms with Crippen molar-refractivity contribution in [2.24, 2.45) is 0 Å². The Morgan fingerprint density at radius 3 is 2.83 bits per heavy atom. The minimum atomic E-state index is -0.656. The SMILES string of the molecule is Cc1cc2cc(O)c(F)cc2o1. The summed E-state index contributed by atoms with van der Waals surface area (Å²) in [6.45, 7) is 1.77. The fraction of sp³-hybridized carbons (Fsp3) is 0.111. The van der Waals surface area contributed by atoms with Crippen molar-refractivity contribution in [1.29, 1.82) is 0 Å². The number of phenolic OH excluding ortho intramolecular Hbond substituents is 1. The fourth-order valence-corrected chi connectivity index (χ4v) is 1.18. The molecule has 2 rings (SSSR count). The van der Waals surface area contributed by atoms with Gasteiger partial charge < -0.3 is 9.52 Å². The molecule has 12 heavy (non-hydrogen) atoms. The van der Waals surface area contributed by atoms with E-state index in [0.717, 1.165) is 0 Å². The van der Waals surface area contributed by atoms with E-state index in [9.17, 15) is 4.39 Å². The molecule has 0 spiro atoms. The van der Waals surface area contributed by atoms with E-state index >= 15 is 0 Å². The maximum atomic E-state index is 12.7. The van der Waals surface area contributed by atoms with E-state index in [2.05, 4.69) is 0 Å². The zero-order valence-electron chi connectivity index (χ0n) is 6.47. The van der Waals surface area contributed by atoms with Crippen LogP contribution in [0.5, 0.6) is 5.75 Å². The Kier molecular flexibility index (Phi) is 1.33. The monoisotopic (exact) mass is 166 g/mol. The summed E-state index contributed by atoms with van der Waals surface area (Å²) >= 11 is 0. The van der Waals surface area contributed by atoms with Crippen LogP contribution in [0.25, 0.3) is 11.0 Å². The van der Waals surface area contributed by atoms with Gasteiger partial charge in [0.25, 0.3) is 0 Å². The van der Waals surface area contributed by atoms with E-state index in [-0.39, 0.29) is 5.75 Å². The van der Waals surface area contributed by atoms with Crippen molar-refractivity contribution in [1.82, 2.24) is 0 Å². The number of hydrogen-bond donors (Lipinski definition) is 1. The fourth-order valence-electron chi connectivity index (χ4n) is 1.18. The lowest BCUT2D eigenvalue weighted by Crippen LogP contribution is -1.73. The summed E-state index contributed by atoms with van der Waals surface area (Å²) in [5.41, 5.74) is 0.461. The van der Waals surface area contributed by atoms with Gasteiger partial charge in [0.05, 0.1) is 0 Å². The van der Waals surface area contributed by atoms with Gasteiger partial charge in [-0.3, -0.25) is 0 Å².